The highest BCUT2D eigenvalue weighted by Gasteiger charge is 2.30. The molecule has 2 heterocycles. The number of aromatic nitrogens is 2. The maximum Gasteiger partial charge on any atom is 0.275 e. The Kier molecular flexibility index (Phi) is 5.37. The molecule has 3 rings (SSSR count). The molecule has 0 bridgehead atoms. The van der Waals surface area contributed by atoms with E-state index in [-0.39, 0.29) is 22.9 Å². The minimum atomic E-state index is -0.538. The predicted molar refractivity (Wildman–Crippen MR) is 105 cm³/mol. The Bertz CT molecular complexity index is 1050. The predicted octanol–water partition coefficient (Wildman–Crippen LogP) is 4.37. The molecule has 0 fully saturated rings. The number of carbonyl (C=O) groups is 2. The molecule has 0 unspecified atom stereocenters. The van der Waals surface area contributed by atoms with Gasteiger partial charge in [0.05, 0.1) is 11.6 Å². The van der Waals surface area contributed by atoms with E-state index in [0.717, 1.165) is 5.01 Å². The van der Waals surface area contributed by atoms with E-state index in [4.69, 9.17) is 29.8 Å². The SMILES string of the molecule is [C-]#[N+]c1c(NN2C(=O)C=C(C)C2=O)nc(-c2ccc(Cl)cc2Cl)nc1SC. The summed E-state index contributed by atoms with van der Waals surface area (Å²) < 4.78 is 0. The summed E-state index contributed by atoms with van der Waals surface area (Å²) in [5.74, 6) is -0.773. The molecule has 0 aliphatic carbocycles. The van der Waals surface area contributed by atoms with Crippen LogP contribution in [0, 0.1) is 6.57 Å². The first-order chi connectivity index (χ1) is 12.8. The molecule has 7 nitrogen and oxygen atoms in total. The second kappa shape index (κ2) is 7.56. The van der Waals surface area contributed by atoms with Gasteiger partial charge in [0, 0.05) is 22.2 Å². The second-order valence-electron chi connectivity index (χ2n) is 5.41. The molecule has 0 saturated carbocycles. The van der Waals surface area contributed by atoms with E-state index in [1.54, 1.807) is 24.5 Å². The third kappa shape index (κ3) is 3.62. The number of hydrogen-bond acceptors (Lipinski definition) is 6. The summed E-state index contributed by atoms with van der Waals surface area (Å²) in [6.45, 7) is 8.97. The van der Waals surface area contributed by atoms with Gasteiger partial charge in [0.15, 0.2) is 11.6 Å². The Morgan fingerprint density at radius 3 is 2.56 bits per heavy atom. The zero-order valence-electron chi connectivity index (χ0n) is 14.1. The van der Waals surface area contributed by atoms with Crippen LogP contribution in [0.2, 0.25) is 10.0 Å². The number of amides is 2. The number of halogens is 2. The van der Waals surface area contributed by atoms with E-state index in [9.17, 15) is 9.59 Å². The van der Waals surface area contributed by atoms with Gasteiger partial charge in [-0.05, 0) is 31.4 Å². The van der Waals surface area contributed by atoms with E-state index < -0.39 is 11.8 Å². The van der Waals surface area contributed by atoms with E-state index >= 15 is 0 Å². The molecular formula is C17H11Cl2N5O2S. The van der Waals surface area contributed by atoms with Gasteiger partial charge in [-0.2, -0.15) is 5.01 Å². The third-order valence-corrected chi connectivity index (χ3v) is 4.87. The Morgan fingerprint density at radius 2 is 2.00 bits per heavy atom. The number of imide groups is 1. The molecule has 1 aliphatic rings. The Labute approximate surface area is 169 Å². The molecule has 1 aliphatic heterocycles. The molecule has 1 aromatic carbocycles. The minimum absolute atomic E-state index is 0.0372. The van der Waals surface area contributed by atoms with Crippen LogP contribution in [0.25, 0.3) is 16.2 Å². The van der Waals surface area contributed by atoms with Crippen molar-refractivity contribution in [3.63, 3.8) is 0 Å². The summed E-state index contributed by atoms with van der Waals surface area (Å²) >= 11 is 13.4. The van der Waals surface area contributed by atoms with E-state index in [1.165, 1.54) is 24.8 Å². The van der Waals surface area contributed by atoms with Crippen molar-refractivity contribution >= 4 is 58.3 Å². The van der Waals surface area contributed by atoms with Crippen molar-refractivity contribution in [2.24, 2.45) is 0 Å². The third-order valence-electron chi connectivity index (χ3n) is 3.65. The molecule has 1 aromatic heterocycles. The first kappa shape index (κ1) is 19.2. The summed E-state index contributed by atoms with van der Waals surface area (Å²) in [6, 6.07) is 4.85. The minimum Gasteiger partial charge on any atom is -0.281 e. The van der Waals surface area contributed by atoms with Gasteiger partial charge in [-0.3, -0.25) is 15.0 Å². The number of thioether (sulfide) groups is 1. The van der Waals surface area contributed by atoms with Crippen molar-refractivity contribution in [2.45, 2.75) is 11.9 Å². The highest BCUT2D eigenvalue weighted by molar-refractivity contribution is 7.98. The first-order valence-electron chi connectivity index (χ1n) is 7.48. The molecule has 2 aromatic rings. The van der Waals surface area contributed by atoms with Crippen LogP contribution in [0.3, 0.4) is 0 Å². The number of nitrogens with one attached hydrogen (secondary N) is 1. The molecule has 27 heavy (non-hydrogen) atoms. The average Bonchev–Trinajstić information content (AvgIpc) is 2.87. The summed E-state index contributed by atoms with van der Waals surface area (Å²) in [5.41, 5.74) is 3.53. The highest BCUT2D eigenvalue weighted by atomic mass is 35.5. The molecule has 2 amide bonds. The molecule has 0 spiro atoms. The van der Waals surface area contributed by atoms with Crippen LogP contribution >= 0.6 is 35.0 Å². The number of nitrogens with zero attached hydrogens (tertiary/aromatic N) is 4. The maximum absolute atomic E-state index is 12.1. The van der Waals surface area contributed by atoms with E-state index in [2.05, 4.69) is 20.2 Å². The number of rotatable bonds is 4. The van der Waals surface area contributed by atoms with Gasteiger partial charge in [-0.25, -0.2) is 14.8 Å². The molecule has 0 saturated heterocycles. The van der Waals surface area contributed by atoms with Gasteiger partial charge >= 0.3 is 0 Å². The molecule has 0 atom stereocenters. The smallest absolute Gasteiger partial charge is 0.275 e. The maximum atomic E-state index is 12.1. The zero-order chi connectivity index (χ0) is 19.7. The highest BCUT2D eigenvalue weighted by Crippen LogP contribution is 2.37. The summed E-state index contributed by atoms with van der Waals surface area (Å²) in [4.78, 5) is 36.3. The van der Waals surface area contributed by atoms with Crippen LogP contribution in [-0.4, -0.2) is 33.0 Å². The fourth-order valence-electron chi connectivity index (χ4n) is 2.35. The largest absolute Gasteiger partial charge is 0.281 e. The van der Waals surface area contributed by atoms with Gasteiger partial charge in [0.25, 0.3) is 17.5 Å². The molecule has 1 N–H and O–H groups in total. The lowest BCUT2D eigenvalue weighted by atomic mass is 10.2. The number of hydrogen-bond donors (Lipinski definition) is 1. The van der Waals surface area contributed by atoms with Crippen LogP contribution < -0.4 is 5.43 Å². The summed E-state index contributed by atoms with van der Waals surface area (Å²) in [7, 11) is 0. The van der Waals surface area contributed by atoms with Crippen molar-refractivity contribution < 1.29 is 9.59 Å². The normalized spacial score (nSPS) is 13.6. The lowest BCUT2D eigenvalue weighted by molar-refractivity contribution is -0.135. The Balaban J connectivity index is 2.11. The topological polar surface area (TPSA) is 79.5 Å². The molecule has 0 radical (unpaired) electrons. The molecular weight excluding hydrogens is 409 g/mol. The van der Waals surface area contributed by atoms with Crippen molar-refractivity contribution in [3.05, 3.63) is 51.3 Å². The van der Waals surface area contributed by atoms with Crippen molar-refractivity contribution in [1.29, 1.82) is 0 Å². The zero-order valence-corrected chi connectivity index (χ0v) is 16.4. The number of benzene rings is 1. The van der Waals surface area contributed by atoms with Gasteiger partial charge in [-0.1, -0.05) is 23.2 Å². The lowest BCUT2D eigenvalue weighted by Gasteiger charge is -2.19. The van der Waals surface area contributed by atoms with Crippen molar-refractivity contribution in [3.8, 4) is 11.4 Å². The van der Waals surface area contributed by atoms with Gasteiger partial charge in [-0.15, -0.1) is 11.8 Å². The Hall–Kier alpha value is -2.60. The lowest BCUT2D eigenvalue weighted by Crippen LogP contribution is -2.36. The number of anilines is 1. The van der Waals surface area contributed by atoms with E-state index in [1.807, 2.05) is 0 Å². The van der Waals surface area contributed by atoms with Crippen LogP contribution in [0.5, 0.6) is 0 Å². The van der Waals surface area contributed by atoms with Crippen molar-refractivity contribution in [2.75, 3.05) is 11.7 Å². The molecule has 10 heteroatoms. The van der Waals surface area contributed by atoms with Crippen LogP contribution in [0.1, 0.15) is 6.92 Å². The van der Waals surface area contributed by atoms with Gasteiger partial charge < -0.3 is 0 Å². The van der Waals surface area contributed by atoms with Crippen LogP contribution in [0.4, 0.5) is 11.5 Å². The second-order valence-corrected chi connectivity index (χ2v) is 7.05. The Morgan fingerprint density at radius 1 is 1.26 bits per heavy atom. The fraction of sp³-hybridized carbons (Fsp3) is 0.118. The summed E-state index contributed by atoms with van der Waals surface area (Å²) in [5, 5.41) is 1.98. The summed E-state index contributed by atoms with van der Waals surface area (Å²) in [6.07, 6.45) is 2.96. The fourth-order valence-corrected chi connectivity index (χ4v) is 3.35. The molecule has 136 valence electrons. The van der Waals surface area contributed by atoms with Gasteiger partial charge in [0.1, 0.15) is 5.03 Å². The number of hydrazine groups is 1. The standard InChI is InChI=1S/C17H11Cl2N5O2S/c1-8-6-12(25)24(17(8)26)23-15-13(20-2)16(27-3)22-14(21-15)10-5-4-9(18)7-11(10)19/h4-7H,1,3H3,(H,21,22,23). The first-order valence-corrected chi connectivity index (χ1v) is 9.46. The number of carbonyl (C=O) groups excluding carboxylic acids is 2. The quantitative estimate of drug-likeness (QED) is 0.343. The monoisotopic (exact) mass is 419 g/mol. The van der Waals surface area contributed by atoms with Gasteiger partial charge in [0.2, 0.25) is 0 Å². The van der Waals surface area contributed by atoms with Crippen molar-refractivity contribution in [1.82, 2.24) is 15.0 Å². The van der Waals surface area contributed by atoms with Crippen LogP contribution in [-0.2, 0) is 9.59 Å². The van der Waals surface area contributed by atoms with E-state index in [0.29, 0.717) is 20.6 Å². The van der Waals surface area contributed by atoms with Crippen LogP contribution in [0.15, 0.2) is 34.9 Å². The average molecular weight is 420 g/mol.